The molecule has 3 aromatic carbocycles. The number of halogens is 1. The zero-order valence-corrected chi connectivity index (χ0v) is 19.5. The Morgan fingerprint density at radius 3 is 2.17 bits per heavy atom. The summed E-state index contributed by atoms with van der Waals surface area (Å²) in [5.41, 5.74) is 7.44. The minimum atomic E-state index is -3.94. The third-order valence-electron chi connectivity index (χ3n) is 5.26. The normalized spacial score (nSPS) is 12.1. The molecule has 4 aromatic rings. The first-order valence-electron chi connectivity index (χ1n) is 10.5. The Kier molecular flexibility index (Phi) is 6.77. The van der Waals surface area contributed by atoms with E-state index in [1.165, 1.54) is 35.3 Å². The largest absolute Gasteiger partial charge is 0.384 e. The van der Waals surface area contributed by atoms with Crippen molar-refractivity contribution >= 4 is 33.2 Å². The highest BCUT2D eigenvalue weighted by Crippen LogP contribution is 2.28. The van der Waals surface area contributed by atoms with Gasteiger partial charge in [0.15, 0.2) is 0 Å². The van der Waals surface area contributed by atoms with Crippen LogP contribution >= 0.6 is 0 Å². The quantitative estimate of drug-likeness (QED) is 0.173. The Hall–Kier alpha value is -4.61. The number of anilines is 1. The number of primary sulfonamides is 1. The molecule has 0 saturated carbocycles. The standard InChI is InChI=1S/C25H21FN6O3S/c26-22(23(32-15-3-14-30-32)17-6-8-18(9-7-17)24(27)28)25(33)31-19-12-10-16(11-13-19)20-4-1-2-5-21(20)36(29,34)35/h1-15H,(H3,27,28)(H,31,33)(H2,29,34,35)/b23-22-. The highest BCUT2D eigenvalue weighted by atomic mass is 32.2. The van der Waals surface area contributed by atoms with E-state index in [2.05, 4.69) is 10.4 Å². The van der Waals surface area contributed by atoms with Crippen LogP contribution in [0.1, 0.15) is 11.1 Å². The van der Waals surface area contributed by atoms with Gasteiger partial charge in [-0.25, -0.2) is 18.2 Å². The summed E-state index contributed by atoms with van der Waals surface area (Å²) in [5, 5.41) is 19.4. The number of carbonyl (C=O) groups is 1. The minimum Gasteiger partial charge on any atom is -0.384 e. The van der Waals surface area contributed by atoms with Gasteiger partial charge < -0.3 is 11.1 Å². The van der Waals surface area contributed by atoms with Crippen LogP contribution in [0.3, 0.4) is 0 Å². The lowest BCUT2D eigenvalue weighted by Crippen LogP contribution is -2.16. The molecule has 0 aliphatic rings. The first-order valence-corrected chi connectivity index (χ1v) is 12.1. The maximum atomic E-state index is 15.4. The second-order valence-electron chi connectivity index (χ2n) is 7.68. The molecule has 11 heteroatoms. The second kappa shape index (κ2) is 9.94. The van der Waals surface area contributed by atoms with Crippen LogP contribution in [0.25, 0.3) is 16.8 Å². The summed E-state index contributed by atoms with van der Waals surface area (Å²) in [6.45, 7) is 0. The monoisotopic (exact) mass is 504 g/mol. The predicted molar refractivity (Wildman–Crippen MR) is 135 cm³/mol. The van der Waals surface area contributed by atoms with Crippen LogP contribution in [0.5, 0.6) is 0 Å². The fourth-order valence-electron chi connectivity index (χ4n) is 3.55. The highest BCUT2D eigenvalue weighted by molar-refractivity contribution is 7.89. The molecule has 1 amide bonds. The first-order chi connectivity index (χ1) is 17.1. The lowest BCUT2D eigenvalue weighted by Gasteiger charge is -2.12. The third kappa shape index (κ3) is 5.22. The Balaban J connectivity index is 1.64. The van der Waals surface area contributed by atoms with Crippen molar-refractivity contribution in [1.82, 2.24) is 9.78 Å². The number of hydrogen-bond acceptors (Lipinski definition) is 5. The van der Waals surface area contributed by atoms with Crippen molar-refractivity contribution in [3.63, 3.8) is 0 Å². The van der Waals surface area contributed by atoms with Crippen molar-refractivity contribution in [1.29, 1.82) is 5.41 Å². The van der Waals surface area contributed by atoms with Crippen molar-refractivity contribution in [3.8, 4) is 11.1 Å². The van der Waals surface area contributed by atoms with Crippen LogP contribution in [0, 0.1) is 5.41 Å². The SMILES string of the molecule is N=C(N)c1ccc(/C(=C(/F)C(=O)Nc2ccc(-c3ccccc3S(N)(=O)=O)cc2)n2cccn2)cc1. The second-order valence-corrected chi connectivity index (χ2v) is 9.21. The molecule has 1 heterocycles. The van der Waals surface area contributed by atoms with Gasteiger partial charge in [-0.05, 0) is 29.8 Å². The zero-order valence-electron chi connectivity index (χ0n) is 18.7. The zero-order chi connectivity index (χ0) is 25.9. The van der Waals surface area contributed by atoms with Crippen LogP contribution in [0.2, 0.25) is 0 Å². The van der Waals surface area contributed by atoms with Gasteiger partial charge in [0.05, 0.1) is 4.90 Å². The molecule has 0 fully saturated rings. The van der Waals surface area contributed by atoms with E-state index >= 15 is 4.39 Å². The highest BCUT2D eigenvalue weighted by Gasteiger charge is 2.20. The number of hydrogen-bond donors (Lipinski definition) is 4. The van der Waals surface area contributed by atoms with Crippen LogP contribution < -0.4 is 16.2 Å². The van der Waals surface area contributed by atoms with Crippen molar-refractivity contribution < 1.29 is 17.6 Å². The maximum Gasteiger partial charge on any atom is 0.286 e. The van der Waals surface area contributed by atoms with Crippen LogP contribution in [-0.2, 0) is 14.8 Å². The lowest BCUT2D eigenvalue weighted by atomic mass is 10.1. The van der Waals surface area contributed by atoms with E-state index in [0.717, 1.165) is 0 Å². The summed E-state index contributed by atoms with van der Waals surface area (Å²) < 4.78 is 40.5. The van der Waals surface area contributed by atoms with E-state index in [0.29, 0.717) is 27.9 Å². The molecule has 0 bridgehead atoms. The van der Waals surface area contributed by atoms with Gasteiger partial charge in [0.25, 0.3) is 5.91 Å². The summed E-state index contributed by atoms with van der Waals surface area (Å²) in [4.78, 5) is 12.8. The molecule has 0 spiro atoms. The van der Waals surface area contributed by atoms with Gasteiger partial charge in [0, 0.05) is 34.8 Å². The maximum absolute atomic E-state index is 15.4. The summed E-state index contributed by atoms with van der Waals surface area (Å²) in [6.07, 6.45) is 2.95. The molecule has 0 radical (unpaired) electrons. The number of benzene rings is 3. The molecular formula is C25H21FN6O3S. The Bertz CT molecular complexity index is 1560. The number of aromatic nitrogens is 2. The number of rotatable bonds is 7. The van der Waals surface area contributed by atoms with Gasteiger partial charge in [-0.15, -0.1) is 0 Å². The number of nitrogens with two attached hydrogens (primary N) is 2. The number of amides is 1. The van der Waals surface area contributed by atoms with Gasteiger partial charge in [0.2, 0.25) is 15.9 Å². The molecule has 9 nitrogen and oxygen atoms in total. The minimum absolute atomic E-state index is 0.0320. The van der Waals surface area contributed by atoms with Crippen molar-refractivity contribution in [2.24, 2.45) is 10.9 Å². The summed E-state index contributed by atoms with van der Waals surface area (Å²) in [7, 11) is -3.94. The Morgan fingerprint density at radius 2 is 1.58 bits per heavy atom. The molecule has 0 aliphatic carbocycles. The average Bonchev–Trinajstić information content (AvgIpc) is 3.39. The smallest absolute Gasteiger partial charge is 0.286 e. The average molecular weight is 505 g/mol. The number of sulfonamides is 1. The topological polar surface area (TPSA) is 157 Å². The molecule has 182 valence electrons. The number of carbonyl (C=O) groups excluding carboxylic acids is 1. The first kappa shape index (κ1) is 24.5. The molecule has 0 saturated heterocycles. The van der Waals surface area contributed by atoms with E-state index < -0.39 is 21.8 Å². The molecule has 36 heavy (non-hydrogen) atoms. The van der Waals surface area contributed by atoms with Crippen LogP contribution in [0.4, 0.5) is 10.1 Å². The van der Waals surface area contributed by atoms with E-state index in [9.17, 15) is 13.2 Å². The van der Waals surface area contributed by atoms with Gasteiger partial charge in [-0.3, -0.25) is 10.2 Å². The molecule has 0 aliphatic heterocycles. The fourth-order valence-corrected chi connectivity index (χ4v) is 4.31. The molecular weight excluding hydrogens is 483 g/mol. The summed E-state index contributed by atoms with van der Waals surface area (Å²) in [5.74, 6) is -2.23. The van der Waals surface area contributed by atoms with Crippen LogP contribution in [-0.4, -0.2) is 29.9 Å². The van der Waals surface area contributed by atoms with Gasteiger partial charge in [-0.1, -0.05) is 54.6 Å². The molecule has 1 aromatic heterocycles. The number of nitrogen functional groups attached to an aromatic ring is 1. The lowest BCUT2D eigenvalue weighted by molar-refractivity contribution is -0.114. The van der Waals surface area contributed by atoms with E-state index in [1.807, 2.05) is 0 Å². The molecule has 4 rings (SSSR count). The van der Waals surface area contributed by atoms with Crippen molar-refractivity contribution in [3.05, 3.63) is 108 Å². The Labute approximate surface area is 206 Å². The number of amidine groups is 1. The number of nitrogens with zero attached hydrogens (tertiary/aromatic N) is 2. The van der Waals surface area contributed by atoms with E-state index in [4.69, 9.17) is 16.3 Å². The summed E-state index contributed by atoms with van der Waals surface area (Å²) in [6, 6.07) is 20.3. The van der Waals surface area contributed by atoms with Gasteiger partial charge in [0.1, 0.15) is 11.5 Å². The fraction of sp³-hybridized carbons (Fsp3) is 0. The molecule has 6 N–H and O–H groups in total. The third-order valence-corrected chi connectivity index (χ3v) is 6.23. The molecule has 0 atom stereocenters. The number of nitrogens with one attached hydrogen (secondary N) is 2. The van der Waals surface area contributed by atoms with Crippen LogP contribution in [0.15, 0.2) is 102 Å². The summed E-state index contributed by atoms with van der Waals surface area (Å²) >= 11 is 0. The molecule has 0 unspecified atom stereocenters. The van der Waals surface area contributed by atoms with E-state index in [-0.39, 0.29) is 16.4 Å². The predicted octanol–water partition coefficient (Wildman–Crippen LogP) is 3.31. The van der Waals surface area contributed by atoms with Gasteiger partial charge in [-0.2, -0.15) is 9.49 Å². The van der Waals surface area contributed by atoms with Gasteiger partial charge >= 0.3 is 0 Å². The van der Waals surface area contributed by atoms with Crippen molar-refractivity contribution in [2.75, 3.05) is 5.32 Å². The Morgan fingerprint density at radius 1 is 0.944 bits per heavy atom. The van der Waals surface area contributed by atoms with E-state index in [1.54, 1.807) is 60.7 Å². The van der Waals surface area contributed by atoms with Crippen molar-refractivity contribution in [2.45, 2.75) is 4.90 Å².